The number of nitrogen functional groups attached to an aromatic ring is 1. The van der Waals surface area contributed by atoms with Gasteiger partial charge < -0.3 is 15.8 Å². The van der Waals surface area contributed by atoms with Crippen LogP contribution in [-0.2, 0) is 20.4 Å². The highest BCUT2D eigenvalue weighted by atomic mass is 16.5. The predicted molar refractivity (Wildman–Crippen MR) is 127 cm³/mol. The van der Waals surface area contributed by atoms with Crippen LogP contribution in [0.15, 0.2) is 60.9 Å². The Morgan fingerprint density at radius 3 is 2.09 bits per heavy atom. The van der Waals surface area contributed by atoms with Gasteiger partial charge in [0.1, 0.15) is 0 Å². The predicted octanol–water partition coefficient (Wildman–Crippen LogP) is 4.71. The van der Waals surface area contributed by atoms with Gasteiger partial charge in [0.05, 0.1) is 5.41 Å². The monoisotopic (exact) mass is 430 g/mol. The zero-order valence-corrected chi connectivity index (χ0v) is 18.9. The normalized spacial score (nSPS) is 15.8. The number of amides is 1. The molecule has 1 aliphatic heterocycles. The Labute approximate surface area is 189 Å². The van der Waals surface area contributed by atoms with Gasteiger partial charge in [-0.2, -0.15) is 0 Å². The van der Waals surface area contributed by atoms with E-state index in [2.05, 4.69) is 48.2 Å². The Bertz CT molecular complexity index is 1060. The average Bonchev–Trinajstić information content (AvgIpc) is 2.80. The SMILES string of the molecule is CC(C)(C)c1ccc(NC(=O)C2(c3ccc(-c4cnc(N)nc4)cc3)CCOCC2)cc1. The molecule has 1 saturated heterocycles. The Hall–Kier alpha value is -3.25. The smallest absolute Gasteiger partial charge is 0.235 e. The van der Waals surface area contributed by atoms with Gasteiger partial charge in [-0.05, 0) is 47.1 Å². The zero-order chi connectivity index (χ0) is 22.8. The van der Waals surface area contributed by atoms with Gasteiger partial charge in [0.25, 0.3) is 0 Å². The molecule has 0 aliphatic carbocycles. The number of ether oxygens (including phenoxy) is 1. The number of carbonyl (C=O) groups excluding carboxylic acids is 1. The summed E-state index contributed by atoms with van der Waals surface area (Å²) in [5.74, 6) is 0.256. The second-order valence-electron chi connectivity index (χ2n) is 9.38. The van der Waals surface area contributed by atoms with Crippen LogP contribution in [0.25, 0.3) is 11.1 Å². The Morgan fingerprint density at radius 2 is 1.53 bits per heavy atom. The second kappa shape index (κ2) is 8.71. The quantitative estimate of drug-likeness (QED) is 0.626. The maximum absolute atomic E-state index is 13.6. The van der Waals surface area contributed by atoms with Gasteiger partial charge >= 0.3 is 0 Å². The Balaban J connectivity index is 1.59. The third-order valence-corrected chi connectivity index (χ3v) is 6.23. The molecule has 6 nitrogen and oxygen atoms in total. The minimum Gasteiger partial charge on any atom is -0.381 e. The highest BCUT2D eigenvalue weighted by molar-refractivity contribution is 5.99. The minimum absolute atomic E-state index is 0.00729. The lowest BCUT2D eigenvalue weighted by Crippen LogP contribution is -2.44. The van der Waals surface area contributed by atoms with Crippen LogP contribution in [0, 0.1) is 0 Å². The molecule has 2 aromatic carbocycles. The highest BCUT2D eigenvalue weighted by Crippen LogP contribution is 2.37. The lowest BCUT2D eigenvalue weighted by atomic mass is 9.73. The van der Waals surface area contributed by atoms with E-state index in [1.54, 1.807) is 12.4 Å². The van der Waals surface area contributed by atoms with E-state index < -0.39 is 5.41 Å². The number of hydrogen-bond donors (Lipinski definition) is 2. The number of aromatic nitrogens is 2. The number of carbonyl (C=O) groups is 1. The molecule has 1 fully saturated rings. The number of rotatable bonds is 4. The second-order valence-corrected chi connectivity index (χ2v) is 9.38. The van der Waals surface area contributed by atoms with Crippen molar-refractivity contribution < 1.29 is 9.53 Å². The van der Waals surface area contributed by atoms with Crippen LogP contribution < -0.4 is 11.1 Å². The summed E-state index contributed by atoms with van der Waals surface area (Å²) in [6.45, 7) is 7.65. The zero-order valence-electron chi connectivity index (χ0n) is 18.9. The van der Waals surface area contributed by atoms with E-state index in [0.29, 0.717) is 26.1 Å². The standard InChI is InChI=1S/C26H30N4O2/c1-25(2,3)20-8-10-22(11-9-20)30-23(31)26(12-14-32-15-13-26)21-6-4-18(5-7-21)19-16-28-24(27)29-17-19/h4-11,16-17H,12-15H2,1-3H3,(H,30,31)(H2,27,28,29). The van der Waals surface area contributed by atoms with Gasteiger partial charge in [-0.15, -0.1) is 0 Å². The molecule has 0 saturated carbocycles. The average molecular weight is 431 g/mol. The van der Waals surface area contributed by atoms with Crippen LogP contribution in [0.5, 0.6) is 0 Å². The Morgan fingerprint density at radius 1 is 0.938 bits per heavy atom. The molecule has 0 unspecified atom stereocenters. The fourth-order valence-corrected chi connectivity index (χ4v) is 4.14. The topological polar surface area (TPSA) is 90.1 Å². The van der Waals surface area contributed by atoms with Gasteiger partial charge in [-0.25, -0.2) is 9.97 Å². The van der Waals surface area contributed by atoms with E-state index in [-0.39, 0.29) is 17.3 Å². The molecule has 3 aromatic rings. The van der Waals surface area contributed by atoms with E-state index in [0.717, 1.165) is 22.4 Å². The molecular weight excluding hydrogens is 400 g/mol. The van der Waals surface area contributed by atoms with Crippen molar-refractivity contribution in [3.05, 3.63) is 72.1 Å². The molecule has 0 bridgehead atoms. The first-order valence-corrected chi connectivity index (χ1v) is 11.0. The molecule has 3 N–H and O–H groups in total. The summed E-state index contributed by atoms with van der Waals surface area (Å²) in [5.41, 5.74) is 9.93. The van der Waals surface area contributed by atoms with Crippen molar-refractivity contribution in [3.8, 4) is 11.1 Å². The van der Waals surface area contributed by atoms with Crippen LogP contribution in [0.1, 0.15) is 44.7 Å². The van der Waals surface area contributed by atoms with Crippen LogP contribution in [-0.4, -0.2) is 29.1 Å². The third-order valence-electron chi connectivity index (χ3n) is 6.23. The summed E-state index contributed by atoms with van der Waals surface area (Å²) >= 11 is 0. The van der Waals surface area contributed by atoms with Gasteiger partial charge in [0.15, 0.2) is 0 Å². The third kappa shape index (κ3) is 4.50. The first kappa shape index (κ1) is 22.0. The summed E-state index contributed by atoms with van der Waals surface area (Å²) < 4.78 is 5.60. The van der Waals surface area contributed by atoms with Crippen molar-refractivity contribution in [2.75, 3.05) is 24.3 Å². The number of nitrogens with zero attached hydrogens (tertiary/aromatic N) is 2. The molecular formula is C26H30N4O2. The van der Waals surface area contributed by atoms with Crippen LogP contribution in [0.3, 0.4) is 0 Å². The molecule has 6 heteroatoms. The summed E-state index contributed by atoms with van der Waals surface area (Å²) in [5, 5.41) is 3.15. The van der Waals surface area contributed by atoms with E-state index in [9.17, 15) is 4.79 Å². The first-order valence-electron chi connectivity index (χ1n) is 11.0. The molecule has 1 aliphatic rings. The van der Waals surface area contributed by atoms with E-state index in [4.69, 9.17) is 10.5 Å². The fourth-order valence-electron chi connectivity index (χ4n) is 4.14. The van der Waals surface area contributed by atoms with Crippen LogP contribution in [0.4, 0.5) is 11.6 Å². The maximum atomic E-state index is 13.6. The van der Waals surface area contributed by atoms with Crippen molar-refractivity contribution in [1.29, 1.82) is 0 Å². The van der Waals surface area contributed by atoms with Crippen LogP contribution >= 0.6 is 0 Å². The highest BCUT2D eigenvalue weighted by Gasteiger charge is 2.41. The van der Waals surface area contributed by atoms with E-state index >= 15 is 0 Å². The van der Waals surface area contributed by atoms with Gasteiger partial charge in [-0.1, -0.05) is 57.2 Å². The largest absolute Gasteiger partial charge is 0.381 e. The number of hydrogen-bond acceptors (Lipinski definition) is 5. The molecule has 32 heavy (non-hydrogen) atoms. The molecule has 0 radical (unpaired) electrons. The molecule has 1 amide bonds. The fraction of sp³-hybridized carbons (Fsp3) is 0.346. The van der Waals surface area contributed by atoms with Crippen molar-refractivity contribution in [2.24, 2.45) is 0 Å². The van der Waals surface area contributed by atoms with E-state index in [1.807, 2.05) is 36.4 Å². The number of benzene rings is 2. The Kier molecular flexibility index (Phi) is 5.98. The molecule has 0 spiro atoms. The number of nitrogens with one attached hydrogen (secondary N) is 1. The lowest BCUT2D eigenvalue weighted by Gasteiger charge is -2.36. The molecule has 0 atom stereocenters. The summed E-state index contributed by atoms with van der Waals surface area (Å²) in [6, 6.07) is 16.2. The van der Waals surface area contributed by atoms with Crippen molar-refractivity contribution in [2.45, 2.75) is 44.4 Å². The van der Waals surface area contributed by atoms with Crippen molar-refractivity contribution >= 4 is 17.5 Å². The summed E-state index contributed by atoms with van der Waals surface area (Å²) in [7, 11) is 0. The molecule has 166 valence electrons. The van der Waals surface area contributed by atoms with Gasteiger partial charge in [-0.3, -0.25) is 4.79 Å². The lowest BCUT2D eigenvalue weighted by molar-refractivity contribution is -0.125. The van der Waals surface area contributed by atoms with Gasteiger partial charge in [0.2, 0.25) is 11.9 Å². The maximum Gasteiger partial charge on any atom is 0.235 e. The van der Waals surface area contributed by atoms with Crippen molar-refractivity contribution in [3.63, 3.8) is 0 Å². The minimum atomic E-state index is -0.628. The summed E-state index contributed by atoms with van der Waals surface area (Å²) in [6.07, 6.45) is 4.69. The van der Waals surface area contributed by atoms with Gasteiger partial charge in [0, 0.05) is 36.9 Å². The number of anilines is 2. The molecule has 2 heterocycles. The first-order chi connectivity index (χ1) is 15.3. The molecule has 4 rings (SSSR count). The van der Waals surface area contributed by atoms with Crippen LogP contribution in [0.2, 0.25) is 0 Å². The van der Waals surface area contributed by atoms with Crippen molar-refractivity contribution in [1.82, 2.24) is 9.97 Å². The summed E-state index contributed by atoms with van der Waals surface area (Å²) in [4.78, 5) is 21.7. The van der Waals surface area contributed by atoms with E-state index in [1.165, 1.54) is 5.56 Å². The molecule has 1 aromatic heterocycles. The number of nitrogens with two attached hydrogens (primary N) is 1.